The number of phenolic OH excluding ortho intramolecular Hbond substituents is 1. The van der Waals surface area contributed by atoms with Crippen LogP contribution in [0.3, 0.4) is 0 Å². The molecule has 0 aliphatic carbocycles. The van der Waals surface area contributed by atoms with Crippen LogP contribution in [0, 0.1) is 0 Å². The first-order valence-electron chi connectivity index (χ1n) is 11.5. The van der Waals surface area contributed by atoms with Crippen LogP contribution in [-0.2, 0) is 11.0 Å². The lowest BCUT2D eigenvalue weighted by molar-refractivity contribution is -0.137. The lowest BCUT2D eigenvalue weighted by Crippen LogP contribution is -2.26. The number of carboxylic acid groups (broad SMARTS) is 1. The number of phenols is 1. The monoisotopic (exact) mass is 585 g/mol. The molecule has 5 rings (SSSR count). The number of hydrogen-bond acceptors (Lipinski definition) is 5. The van der Waals surface area contributed by atoms with Crippen molar-refractivity contribution in [3.8, 4) is 16.9 Å². The Morgan fingerprint density at radius 2 is 1.65 bits per heavy atom. The van der Waals surface area contributed by atoms with E-state index in [4.69, 9.17) is 23.2 Å². The number of aromatic carboxylic acids is 1. The van der Waals surface area contributed by atoms with E-state index in [1.165, 1.54) is 42.5 Å². The molecule has 0 unspecified atom stereocenters. The number of para-hydroxylation sites is 1. The molecule has 0 saturated heterocycles. The molecule has 7 nitrogen and oxygen atoms in total. The molecule has 4 aromatic rings. The Hall–Kier alpha value is -4.54. The Bertz CT molecular complexity index is 1720. The molecule has 4 aromatic carbocycles. The maximum atomic E-state index is 13.5. The molecule has 0 spiro atoms. The summed E-state index contributed by atoms with van der Waals surface area (Å²) in [5.41, 5.74) is 2.45. The Labute approximate surface area is 234 Å². The Balaban J connectivity index is 1.56. The second-order valence-corrected chi connectivity index (χ2v) is 9.44. The van der Waals surface area contributed by atoms with Crippen LogP contribution in [-0.4, -0.2) is 27.8 Å². The third-order valence-corrected chi connectivity index (χ3v) is 6.87. The van der Waals surface area contributed by atoms with Crippen LogP contribution in [0.1, 0.15) is 21.5 Å². The lowest BCUT2D eigenvalue weighted by Gasteiger charge is -2.18. The summed E-state index contributed by atoms with van der Waals surface area (Å²) >= 11 is 12.1. The summed E-state index contributed by atoms with van der Waals surface area (Å²) in [5.74, 6) is -2.17. The van der Waals surface area contributed by atoms with Crippen LogP contribution in [0.4, 0.5) is 30.2 Å². The molecule has 12 heteroatoms. The van der Waals surface area contributed by atoms with Crippen molar-refractivity contribution in [2.45, 2.75) is 6.18 Å². The van der Waals surface area contributed by atoms with E-state index < -0.39 is 23.6 Å². The predicted molar refractivity (Wildman–Crippen MR) is 146 cm³/mol. The van der Waals surface area contributed by atoms with E-state index in [1.54, 1.807) is 18.2 Å². The summed E-state index contributed by atoms with van der Waals surface area (Å²) in [4.78, 5) is 25.9. The van der Waals surface area contributed by atoms with Gasteiger partial charge >= 0.3 is 12.1 Å². The summed E-state index contributed by atoms with van der Waals surface area (Å²) < 4.78 is 40.5. The number of nitrogens with zero attached hydrogens (tertiary/aromatic N) is 2. The van der Waals surface area contributed by atoms with Crippen molar-refractivity contribution in [1.29, 1.82) is 0 Å². The largest absolute Gasteiger partial charge is 0.505 e. The van der Waals surface area contributed by atoms with Crippen molar-refractivity contribution in [2.24, 2.45) is 5.10 Å². The number of carboxylic acids is 1. The molecule has 1 heterocycles. The normalized spacial score (nSPS) is 14.0. The molecule has 3 N–H and O–H groups in total. The second kappa shape index (κ2) is 10.2. The number of rotatable bonds is 5. The fraction of sp³-hybridized carbons (Fsp3) is 0.0357. The van der Waals surface area contributed by atoms with Crippen LogP contribution < -0.4 is 10.3 Å². The second-order valence-electron chi connectivity index (χ2n) is 8.63. The number of hydrogen-bond donors (Lipinski definition) is 3. The van der Waals surface area contributed by atoms with Gasteiger partial charge in [0, 0.05) is 11.1 Å². The van der Waals surface area contributed by atoms with Gasteiger partial charge in [-0.25, -0.2) is 4.79 Å². The zero-order chi connectivity index (χ0) is 28.8. The van der Waals surface area contributed by atoms with Gasteiger partial charge in [-0.1, -0.05) is 47.5 Å². The Morgan fingerprint density at radius 1 is 0.900 bits per heavy atom. The highest BCUT2D eigenvalue weighted by molar-refractivity contribution is 6.56. The number of nitrogens with one attached hydrogen (secondary N) is 1. The molecule has 202 valence electrons. The van der Waals surface area contributed by atoms with Crippen LogP contribution >= 0.6 is 23.2 Å². The number of halogens is 5. The van der Waals surface area contributed by atoms with E-state index in [0.29, 0.717) is 11.1 Å². The SMILES string of the molecule is O=C(O)c1cccc(-c2cccc(N/N=C3\C(=O)N(c4ccc(Cl)c(Cl)c4)c4cc(C(F)(F)F)ccc43)c2O)c1. The van der Waals surface area contributed by atoms with Gasteiger partial charge < -0.3 is 10.2 Å². The quantitative estimate of drug-likeness (QED) is 0.165. The van der Waals surface area contributed by atoms with Crippen LogP contribution in [0.15, 0.2) is 84.0 Å². The highest BCUT2D eigenvalue weighted by atomic mass is 35.5. The average Bonchev–Trinajstić information content (AvgIpc) is 3.19. The minimum Gasteiger partial charge on any atom is -0.505 e. The molecule has 0 fully saturated rings. The van der Waals surface area contributed by atoms with Gasteiger partial charge in [0.15, 0.2) is 5.71 Å². The highest BCUT2D eigenvalue weighted by Gasteiger charge is 2.39. The topological polar surface area (TPSA) is 102 Å². The van der Waals surface area contributed by atoms with Crippen molar-refractivity contribution < 1.29 is 33.0 Å². The molecule has 0 saturated carbocycles. The van der Waals surface area contributed by atoms with E-state index in [0.717, 1.165) is 23.1 Å². The number of benzene rings is 4. The van der Waals surface area contributed by atoms with Gasteiger partial charge in [0.2, 0.25) is 0 Å². The summed E-state index contributed by atoms with van der Waals surface area (Å²) in [7, 11) is 0. The third-order valence-electron chi connectivity index (χ3n) is 6.13. The van der Waals surface area contributed by atoms with Gasteiger partial charge in [-0.2, -0.15) is 18.3 Å². The standard InChI is InChI=1S/C28H16Cl2F3N3O4/c29-20-10-8-17(13-21(20)30)36-23-12-16(28(31,32)33)7-9-19(23)24(26(36)38)35-34-22-6-2-5-18(25(22)37)14-3-1-4-15(11-14)27(39)40/h1-13,34,37H,(H,39,40)/b35-24-. The molecule has 1 aliphatic rings. The van der Waals surface area contributed by atoms with E-state index in [9.17, 15) is 33.0 Å². The van der Waals surface area contributed by atoms with Crippen molar-refractivity contribution >= 4 is 57.9 Å². The number of aromatic hydroxyl groups is 1. The zero-order valence-corrected chi connectivity index (χ0v) is 21.5. The highest BCUT2D eigenvalue weighted by Crippen LogP contribution is 2.42. The summed E-state index contributed by atoms with van der Waals surface area (Å²) in [6.07, 6.45) is -4.66. The van der Waals surface area contributed by atoms with E-state index >= 15 is 0 Å². The van der Waals surface area contributed by atoms with Crippen molar-refractivity contribution in [3.63, 3.8) is 0 Å². The first kappa shape index (κ1) is 27.0. The summed E-state index contributed by atoms with van der Waals surface area (Å²) in [6, 6.07) is 17.6. The molecular weight excluding hydrogens is 570 g/mol. The van der Waals surface area contributed by atoms with Gasteiger partial charge in [-0.05, 0) is 60.2 Å². The molecular formula is C28H16Cl2F3N3O4. The first-order valence-corrected chi connectivity index (χ1v) is 12.2. The van der Waals surface area contributed by atoms with Gasteiger partial charge in [0.1, 0.15) is 5.75 Å². The minimum absolute atomic E-state index is 0.0179. The number of hydrazone groups is 1. The van der Waals surface area contributed by atoms with Gasteiger partial charge in [-0.15, -0.1) is 0 Å². The Kier molecular flexibility index (Phi) is 6.91. The van der Waals surface area contributed by atoms with Crippen LogP contribution in [0.2, 0.25) is 10.0 Å². The first-order chi connectivity index (χ1) is 19.0. The zero-order valence-electron chi connectivity index (χ0n) is 20.0. The summed E-state index contributed by atoms with van der Waals surface area (Å²) in [5, 5.41) is 24.6. The molecule has 0 aromatic heterocycles. The maximum Gasteiger partial charge on any atom is 0.416 e. The van der Waals surface area contributed by atoms with Crippen molar-refractivity contribution in [2.75, 3.05) is 10.3 Å². The number of fused-ring (bicyclic) bond motifs is 1. The Morgan fingerprint density at radius 3 is 2.35 bits per heavy atom. The smallest absolute Gasteiger partial charge is 0.416 e. The fourth-order valence-corrected chi connectivity index (χ4v) is 4.51. The molecule has 0 bridgehead atoms. The van der Waals surface area contributed by atoms with E-state index in [2.05, 4.69) is 10.5 Å². The summed E-state index contributed by atoms with van der Waals surface area (Å²) in [6.45, 7) is 0. The molecule has 40 heavy (non-hydrogen) atoms. The molecule has 1 amide bonds. The number of carbonyl (C=O) groups is 2. The minimum atomic E-state index is -4.66. The maximum absolute atomic E-state index is 13.5. The molecule has 0 atom stereocenters. The van der Waals surface area contributed by atoms with Crippen LogP contribution in [0.5, 0.6) is 5.75 Å². The molecule has 1 aliphatic heterocycles. The average molecular weight is 586 g/mol. The number of amides is 1. The molecule has 0 radical (unpaired) electrons. The van der Waals surface area contributed by atoms with Crippen LogP contribution in [0.25, 0.3) is 11.1 Å². The number of carbonyl (C=O) groups excluding carboxylic acids is 1. The van der Waals surface area contributed by atoms with Crippen molar-refractivity contribution in [3.05, 3.63) is 106 Å². The van der Waals surface area contributed by atoms with E-state index in [-0.39, 0.29) is 49.7 Å². The number of anilines is 3. The lowest BCUT2D eigenvalue weighted by atomic mass is 10.0. The number of alkyl halides is 3. The van der Waals surface area contributed by atoms with Gasteiger partial charge in [0.25, 0.3) is 5.91 Å². The van der Waals surface area contributed by atoms with Crippen molar-refractivity contribution in [1.82, 2.24) is 0 Å². The predicted octanol–water partition coefficient (Wildman–Crippen LogP) is 7.58. The van der Waals surface area contributed by atoms with E-state index in [1.807, 2.05) is 0 Å². The fourth-order valence-electron chi connectivity index (χ4n) is 4.21. The third kappa shape index (κ3) is 4.94. The van der Waals surface area contributed by atoms with Gasteiger partial charge in [0.05, 0.1) is 38.2 Å². The van der Waals surface area contributed by atoms with Gasteiger partial charge in [-0.3, -0.25) is 15.1 Å².